The Kier molecular flexibility index (Phi) is 11.9. The molecular formula is C24H38O6. The Hall–Kier alpha value is -2.24. The van der Waals surface area contributed by atoms with Crippen molar-refractivity contribution in [2.75, 3.05) is 7.11 Å². The zero-order valence-electron chi connectivity index (χ0n) is 18.9. The Morgan fingerprint density at radius 1 is 1.03 bits per heavy atom. The van der Waals surface area contributed by atoms with Crippen molar-refractivity contribution >= 4 is 11.8 Å². The van der Waals surface area contributed by atoms with Gasteiger partial charge in [-0.2, -0.15) is 0 Å². The van der Waals surface area contributed by atoms with E-state index in [1.54, 1.807) is 6.07 Å². The van der Waals surface area contributed by atoms with Crippen molar-refractivity contribution in [1.29, 1.82) is 0 Å². The molecule has 0 saturated heterocycles. The van der Waals surface area contributed by atoms with Crippen LogP contribution in [0.1, 0.15) is 84.1 Å². The van der Waals surface area contributed by atoms with Crippen molar-refractivity contribution in [3.05, 3.63) is 17.7 Å². The molecule has 0 aliphatic rings. The fourth-order valence-electron chi connectivity index (χ4n) is 3.72. The number of ether oxygens (including phenoxy) is 2. The number of aryl methyl sites for hydroxylation is 1. The van der Waals surface area contributed by atoms with Gasteiger partial charge in [-0.05, 0) is 42.9 Å². The van der Waals surface area contributed by atoms with E-state index in [4.69, 9.17) is 9.47 Å². The maximum Gasteiger partial charge on any atom is 0.302 e. The van der Waals surface area contributed by atoms with Crippen LogP contribution < -0.4 is 4.74 Å². The summed E-state index contributed by atoms with van der Waals surface area (Å²) in [5, 5.41) is 19.5. The molecule has 0 heterocycles. The Morgan fingerprint density at radius 3 is 2.30 bits per heavy atom. The van der Waals surface area contributed by atoms with Crippen molar-refractivity contribution in [3.8, 4) is 17.2 Å². The molecule has 1 aromatic rings. The number of ketones is 1. The van der Waals surface area contributed by atoms with Crippen molar-refractivity contribution < 1.29 is 29.3 Å². The summed E-state index contributed by atoms with van der Waals surface area (Å²) >= 11 is 0. The number of hydrogen-bond donors (Lipinski definition) is 2. The lowest BCUT2D eigenvalue weighted by atomic mass is 9.87. The highest BCUT2D eigenvalue weighted by atomic mass is 16.5. The lowest BCUT2D eigenvalue weighted by Gasteiger charge is -2.26. The first kappa shape index (κ1) is 25.8. The van der Waals surface area contributed by atoms with Crippen LogP contribution in [-0.2, 0) is 20.7 Å². The van der Waals surface area contributed by atoms with Gasteiger partial charge in [0.15, 0.2) is 11.5 Å². The van der Waals surface area contributed by atoms with Crippen molar-refractivity contribution in [3.63, 3.8) is 0 Å². The molecule has 0 aromatic heterocycles. The highest BCUT2D eigenvalue weighted by Crippen LogP contribution is 2.36. The highest BCUT2D eigenvalue weighted by molar-refractivity contribution is 5.79. The number of hydrogen-bond acceptors (Lipinski definition) is 6. The van der Waals surface area contributed by atoms with Crippen molar-refractivity contribution in [2.24, 2.45) is 5.92 Å². The molecule has 0 aliphatic heterocycles. The molecule has 0 saturated carbocycles. The summed E-state index contributed by atoms with van der Waals surface area (Å²) in [6, 6.07) is 3.05. The van der Waals surface area contributed by atoms with Crippen LogP contribution in [0.2, 0.25) is 0 Å². The predicted octanol–water partition coefficient (Wildman–Crippen LogP) is 5.32. The molecule has 2 N–H and O–H groups in total. The molecule has 0 spiro atoms. The Labute approximate surface area is 180 Å². The molecule has 0 aliphatic carbocycles. The summed E-state index contributed by atoms with van der Waals surface area (Å²) < 4.78 is 10.6. The number of phenolic OH excluding ortho intramolecular Hbond substituents is 2. The van der Waals surface area contributed by atoms with Crippen LogP contribution >= 0.6 is 0 Å². The lowest BCUT2D eigenvalue weighted by molar-refractivity contribution is -0.151. The molecule has 30 heavy (non-hydrogen) atoms. The number of Topliss-reactive ketones (excluding diaryl/α,β-unsaturated/α-hetero) is 1. The second-order valence-electron chi connectivity index (χ2n) is 7.95. The molecule has 1 rings (SSSR count). The maximum absolute atomic E-state index is 12.7. The van der Waals surface area contributed by atoms with Crippen LogP contribution in [0.3, 0.4) is 0 Å². The van der Waals surface area contributed by atoms with Gasteiger partial charge in [0.1, 0.15) is 11.9 Å². The quantitative estimate of drug-likeness (QED) is 0.226. The molecule has 0 fully saturated rings. The van der Waals surface area contributed by atoms with Gasteiger partial charge in [-0.15, -0.1) is 0 Å². The molecule has 6 nitrogen and oxygen atoms in total. The molecule has 2 atom stereocenters. The molecule has 0 amide bonds. The molecular weight excluding hydrogens is 384 g/mol. The van der Waals surface area contributed by atoms with Crippen molar-refractivity contribution in [2.45, 2.75) is 91.1 Å². The van der Waals surface area contributed by atoms with E-state index in [0.29, 0.717) is 12.0 Å². The van der Waals surface area contributed by atoms with Crippen LogP contribution in [0.4, 0.5) is 0 Å². The van der Waals surface area contributed by atoms with Crippen LogP contribution in [-0.4, -0.2) is 35.2 Å². The predicted molar refractivity (Wildman–Crippen MR) is 117 cm³/mol. The Bertz CT molecular complexity index is 670. The maximum atomic E-state index is 12.7. The minimum Gasteiger partial charge on any atom is -0.504 e. The highest BCUT2D eigenvalue weighted by Gasteiger charge is 2.26. The third-order valence-electron chi connectivity index (χ3n) is 5.41. The number of rotatable bonds is 15. The summed E-state index contributed by atoms with van der Waals surface area (Å²) in [6.45, 7) is 5.69. The minimum atomic E-state index is -0.388. The first-order valence-corrected chi connectivity index (χ1v) is 11.1. The van der Waals surface area contributed by atoms with Gasteiger partial charge >= 0.3 is 5.97 Å². The van der Waals surface area contributed by atoms with Crippen LogP contribution in [0.25, 0.3) is 0 Å². The monoisotopic (exact) mass is 422 g/mol. The Morgan fingerprint density at radius 2 is 1.70 bits per heavy atom. The van der Waals surface area contributed by atoms with E-state index in [1.807, 2.05) is 0 Å². The molecule has 170 valence electrons. The standard InChI is InChI=1S/C24H38O6/c1-5-7-9-11-19(10-8-6-2)22(30-17(3)25)16-20(26)13-12-18-14-21(27)24(28)23(15-18)29-4/h14-15,19,22,27-28H,5-13,16H2,1-4H3. The number of aromatic hydroxyl groups is 2. The second-order valence-corrected chi connectivity index (χ2v) is 7.95. The normalized spacial score (nSPS) is 12.9. The number of esters is 1. The van der Waals surface area contributed by atoms with Gasteiger partial charge in [0, 0.05) is 19.8 Å². The van der Waals surface area contributed by atoms with E-state index in [-0.39, 0.29) is 53.9 Å². The number of benzene rings is 1. The molecule has 1 aromatic carbocycles. The average Bonchev–Trinajstić information content (AvgIpc) is 2.70. The fourth-order valence-corrected chi connectivity index (χ4v) is 3.72. The smallest absolute Gasteiger partial charge is 0.302 e. The van der Waals surface area contributed by atoms with Gasteiger partial charge in [-0.3, -0.25) is 9.59 Å². The number of carbonyl (C=O) groups is 2. The zero-order chi connectivity index (χ0) is 22.5. The van der Waals surface area contributed by atoms with Gasteiger partial charge in [0.25, 0.3) is 0 Å². The van der Waals surface area contributed by atoms with E-state index in [1.165, 1.54) is 20.1 Å². The van der Waals surface area contributed by atoms with Crippen LogP contribution in [0, 0.1) is 5.92 Å². The van der Waals surface area contributed by atoms with E-state index in [2.05, 4.69) is 13.8 Å². The van der Waals surface area contributed by atoms with E-state index in [0.717, 1.165) is 44.9 Å². The number of methoxy groups -OCH3 is 1. The third kappa shape index (κ3) is 9.06. The minimum absolute atomic E-state index is 0.0183. The second kappa shape index (κ2) is 13.9. The number of phenols is 2. The van der Waals surface area contributed by atoms with Gasteiger partial charge in [-0.1, -0.05) is 46.0 Å². The molecule has 2 unspecified atom stereocenters. The summed E-state index contributed by atoms with van der Waals surface area (Å²) in [6.07, 6.45) is 7.86. The SMILES string of the molecule is CCCCCC(CCCC)C(CC(=O)CCc1cc(O)c(O)c(OC)c1)OC(C)=O. The summed E-state index contributed by atoms with van der Waals surface area (Å²) in [5.41, 5.74) is 0.699. The van der Waals surface area contributed by atoms with Gasteiger partial charge in [-0.25, -0.2) is 0 Å². The summed E-state index contributed by atoms with van der Waals surface area (Å²) in [4.78, 5) is 24.4. The van der Waals surface area contributed by atoms with Gasteiger partial charge in [0.2, 0.25) is 5.75 Å². The first-order chi connectivity index (χ1) is 14.3. The fraction of sp³-hybridized carbons (Fsp3) is 0.667. The summed E-state index contributed by atoms with van der Waals surface area (Å²) in [5.74, 6) is -0.547. The number of carbonyl (C=O) groups excluding carboxylic acids is 2. The average molecular weight is 423 g/mol. The lowest BCUT2D eigenvalue weighted by Crippen LogP contribution is -2.29. The number of unbranched alkanes of at least 4 members (excludes halogenated alkanes) is 3. The molecule has 0 bridgehead atoms. The molecule has 0 radical (unpaired) electrons. The first-order valence-electron chi connectivity index (χ1n) is 11.1. The Balaban J connectivity index is 2.78. The van der Waals surface area contributed by atoms with Crippen LogP contribution in [0.5, 0.6) is 17.2 Å². The zero-order valence-corrected chi connectivity index (χ0v) is 18.9. The van der Waals surface area contributed by atoms with E-state index >= 15 is 0 Å². The van der Waals surface area contributed by atoms with Gasteiger partial charge < -0.3 is 19.7 Å². The van der Waals surface area contributed by atoms with E-state index < -0.39 is 0 Å². The van der Waals surface area contributed by atoms with Crippen molar-refractivity contribution in [1.82, 2.24) is 0 Å². The molecule has 6 heteroatoms. The van der Waals surface area contributed by atoms with Crippen LogP contribution in [0.15, 0.2) is 12.1 Å². The third-order valence-corrected chi connectivity index (χ3v) is 5.41. The van der Waals surface area contributed by atoms with Gasteiger partial charge in [0.05, 0.1) is 7.11 Å². The topological polar surface area (TPSA) is 93.1 Å². The summed E-state index contributed by atoms with van der Waals surface area (Å²) in [7, 11) is 1.40. The van der Waals surface area contributed by atoms with E-state index in [9.17, 15) is 19.8 Å². The largest absolute Gasteiger partial charge is 0.504 e.